The van der Waals surface area contributed by atoms with Crippen LogP contribution in [0.2, 0.25) is 0 Å². The molecule has 0 bridgehead atoms. The number of rotatable bonds is 8. The van der Waals surface area contributed by atoms with Crippen molar-refractivity contribution in [3.05, 3.63) is 53.5 Å². The standard InChI is InChI=1S/C24H30N6O3/c1-3-33-22(32)12-10-20-18(2)27-24-25-17-26-30(24)23(20)29-15-13-28(14-16-29)21(31)11-9-19-7-5-4-6-8-19/h4-8,17H,3,9-16H2,1-2H3. The quantitative estimate of drug-likeness (QED) is 0.486. The van der Waals surface area contributed by atoms with E-state index in [4.69, 9.17) is 4.74 Å². The molecule has 1 saturated heterocycles. The maximum absolute atomic E-state index is 12.8. The summed E-state index contributed by atoms with van der Waals surface area (Å²) in [5, 5.41) is 4.38. The number of aryl methyl sites for hydroxylation is 2. The minimum absolute atomic E-state index is 0.179. The highest BCUT2D eigenvalue weighted by Crippen LogP contribution is 2.26. The second-order valence-corrected chi connectivity index (χ2v) is 8.13. The van der Waals surface area contributed by atoms with E-state index in [1.54, 1.807) is 11.4 Å². The van der Waals surface area contributed by atoms with Crippen LogP contribution in [0.3, 0.4) is 0 Å². The van der Waals surface area contributed by atoms with Crippen LogP contribution in [0.4, 0.5) is 5.82 Å². The van der Waals surface area contributed by atoms with Gasteiger partial charge in [0.2, 0.25) is 5.91 Å². The van der Waals surface area contributed by atoms with Gasteiger partial charge in [-0.1, -0.05) is 30.3 Å². The molecule has 3 aromatic rings. The van der Waals surface area contributed by atoms with Crippen molar-refractivity contribution in [1.29, 1.82) is 0 Å². The molecule has 1 amide bonds. The first-order valence-corrected chi connectivity index (χ1v) is 11.5. The number of benzene rings is 1. The first-order valence-electron chi connectivity index (χ1n) is 11.5. The maximum atomic E-state index is 12.8. The van der Waals surface area contributed by atoms with E-state index in [0.29, 0.717) is 51.4 Å². The lowest BCUT2D eigenvalue weighted by molar-refractivity contribution is -0.143. The largest absolute Gasteiger partial charge is 0.466 e. The third-order valence-corrected chi connectivity index (χ3v) is 5.99. The topological polar surface area (TPSA) is 92.9 Å². The fourth-order valence-corrected chi connectivity index (χ4v) is 4.27. The molecule has 1 fully saturated rings. The Kier molecular flexibility index (Phi) is 7.16. The van der Waals surface area contributed by atoms with Crippen LogP contribution in [0.5, 0.6) is 0 Å². The summed E-state index contributed by atoms with van der Waals surface area (Å²) >= 11 is 0. The van der Waals surface area contributed by atoms with Crippen LogP contribution >= 0.6 is 0 Å². The second kappa shape index (κ2) is 10.4. The van der Waals surface area contributed by atoms with Crippen molar-refractivity contribution >= 4 is 23.5 Å². The molecule has 0 atom stereocenters. The van der Waals surface area contributed by atoms with Crippen LogP contribution < -0.4 is 4.90 Å². The van der Waals surface area contributed by atoms with E-state index in [-0.39, 0.29) is 18.3 Å². The van der Waals surface area contributed by atoms with Gasteiger partial charge in [-0.2, -0.15) is 14.6 Å². The summed E-state index contributed by atoms with van der Waals surface area (Å²) in [4.78, 5) is 37.7. The van der Waals surface area contributed by atoms with E-state index in [0.717, 1.165) is 23.5 Å². The van der Waals surface area contributed by atoms with E-state index in [2.05, 4.69) is 32.1 Å². The molecule has 174 valence electrons. The van der Waals surface area contributed by atoms with Gasteiger partial charge in [0, 0.05) is 50.3 Å². The highest BCUT2D eigenvalue weighted by atomic mass is 16.5. The monoisotopic (exact) mass is 450 g/mol. The third kappa shape index (κ3) is 5.30. The third-order valence-electron chi connectivity index (χ3n) is 5.99. The molecule has 1 aliphatic rings. The molecule has 0 unspecified atom stereocenters. The molecule has 2 aromatic heterocycles. The van der Waals surface area contributed by atoms with Gasteiger partial charge in [0.1, 0.15) is 12.1 Å². The molecular formula is C24H30N6O3. The number of piperazine rings is 1. The van der Waals surface area contributed by atoms with Gasteiger partial charge in [-0.3, -0.25) is 9.59 Å². The molecule has 0 saturated carbocycles. The molecule has 0 spiro atoms. The van der Waals surface area contributed by atoms with Crippen LogP contribution in [-0.4, -0.2) is 69.1 Å². The van der Waals surface area contributed by atoms with Crippen LogP contribution in [0.25, 0.3) is 5.78 Å². The van der Waals surface area contributed by atoms with Gasteiger partial charge in [-0.15, -0.1) is 0 Å². The Hall–Kier alpha value is -3.49. The van der Waals surface area contributed by atoms with E-state index in [1.807, 2.05) is 30.0 Å². The number of fused-ring (bicyclic) bond motifs is 1. The smallest absolute Gasteiger partial charge is 0.306 e. The van der Waals surface area contributed by atoms with Crippen LogP contribution in [0.15, 0.2) is 36.7 Å². The Morgan fingerprint density at radius 3 is 2.52 bits per heavy atom. The Bertz CT molecular complexity index is 1110. The first kappa shape index (κ1) is 22.7. The number of hydrogen-bond acceptors (Lipinski definition) is 7. The lowest BCUT2D eigenvalue weighted by Crippen LogP contribution is -2.49. The minimum Gasteiger partial charge on any atom is -0.466 e. The number of ether oxygens (including phenoxy) is 1. The summed E-state index contributed by atoms with van der Waals surface area (Å²) in [5.74, 6) is 1.38. The van der Waals surface area contributed by atoms with Crippen molar-refractivity contribution in [1.82, 2.24) is 24.5 Å². The van der Waals surface area contributed by atoms with Gasteiger partial charge in [0.05, 0.1) is 6.61 Å². The maximum Gasteiger partial charge on any atom is 0.306 e. The van der Waals surface area contributed by atoms with Gasteiger partial charge in [0.25, 0.3) is 5.78 Å². The summed E-state index contributed by atoms with van der Waals surface area (Å²) in [6.07, 6.45) is 3.54. The molecular weight excluding hydrogens is 420 g/mol. The summed E-state index contributed by atoms with van der Waals surface area (Å²) in [5.41, 5.74) is 2.97. The molecule has 3 heterocycles. The molecule has 0 aliphatic carbocycles. The highest BCUT2D eigenvalue weighted by molar-refractivity contribution is 5.77. The van der Waals surface area contributed by atoms with Crippen molar-refractivity contribution in [3.63, 3.8) is 0 Å². The summed E-state index contributed by atoms with van der Waals surface area (Å²) in [6, 6.07) is 10.1. The van der Waals surface area contributed by atoms with E-state index < -0.39 is 0 Å². The number of esters is 1. The van der Waals surface area contributed by atoms with Gasteiger partial charge < -0.3 is 14.5 Å². The number of aromatic nitrogens is 4. The average Bonchev–Trinajstić information content (AvgIpc) is 3.29. The molecule has 1 aromatic carbocycles. The summed E-state index contributed by atoms with van der Waals surface area (Å²) < 4.78 is 6.84. The number of amides is 1. The van der Waals surface area contributed by atoms with Gasteiger partial charge in [-0.25, -0.2) is 4.98 Å². The molecule has 0 radical (unpaired) electrons. The molecule has 33 heavy (non-hydrogen) atoms. The lowest BCUT2D eigenvalue weighted by Gasteiger charge is -2.37. The van der Waals surface area contributed by atoms with E-state index in [9.17, 15) is 9.59 Å². The van der Waals surface area contributed by atoms with Crippen LogP contribution in [0.1, 0.15) is 36.6 Å². The van der Waals surface area contributed by atoms with Gasteiger partial charge in [-0.05, 0) is 32.3 Å². The Balaban J connectivity index is 1.45. The molecule has 0 N–H and O–H groups in total. The van der Waals surface area contributed by atoms with E-state index in [1.165, 1.54) is 11.9 Å². The molecule has 4 rings (SSSR count). The summed E-state index contributed by atoms with van der Waals surface area (Å²) in [7, 11) is 0. The van der Waals surface area contributed by atoms with Crippen molar-refractivity contribution in [3.8, 4) is 0 Å². The summed E-state index contributed by atoms with van der Waals surface area (Å²) in [6.45, 7) is 6.75. The zero-order valence-corrected chi connectivity index (χ0v) is 19.2. The number of hydrogen-bond donors (Lipinski definition) is 0. The highest BCUT2D eigenvalue weighted by Gasteiger charge is 2.26. The Morgan fingerprint density at radius 1 is 1.03 bits per heavy atom. The van der Waals surface area contributed by atoms with Crippen molar-refractivity contribution in [2.75, 3.05) is 37.7 Å². The van der Waals surface area contributed by atoms with Crippen LogP contribution in [-0.2, 0) is 27.2 Å². The SMILES string of the molecule is CCOC(=O)CCc1c(C)nc2ncnn2c1N1CCN(C(=O)CCc2ccccc2)CC1. The zero-order chi connectivity index (χ0) is 23.2. The normalized spacial score (nSPS) is 14.0. The van der Waals surface area contributed by atoms with E-state index >= 15 is 0 Å². The minimum atomic E-state index is -0.227. The fraction of sp³-hybridized carbons (Fsp3) is 0.458. The number of anilines is 1. The lowest BCUT2D eigenvalue weighted by atomic mass is 10.1. The predicted molar refractivity (Wildman–Crippen MR) is 124 cm³/mol. The Morgan fingerprint density at radius 2 is 1.79 bits per heavy atom. The number of carbonyl (C=O) groups is 2. The number of nitrogens with zero attached hydrogens (tertiary/aromatic N) is 6. The average molecular weight is 451 g/mol. The molecule has 1 aliphatic heterocycles. The first-order chi connectivity index (χ1) is 16.1. The molecule has 9 nitrogen and oxygen atoms in total. The van der Waals surface area contributed by atoms with Crippen molar-refractivity contribution in [2.24, 2.45) is 0 Å². The van der Waals surface area contributed by atoms with Gasteiger partial charge in [0.15, 0.2) is 0 Å². The van der Waals surface area contributed by atoms with Gasteiger partial charge >= 0.3 is 5.97 Å². The van der Waals surface area contributed by atoms with Crippen molar-refractivity contribution in [2.45, 2.75) is 39.5 Å². The van der Waals surface area contributed by atoms with Crippen LogP contribution in [0, 0.1) is 6.92 Å². The molecule has 9 heteroatoms. The second-order valence-electron chi connectivity index (χ2n) is 8.13. The predicted octanol–water partition coefficient (Wildman–Crippen LogP) is 2.21. The Labute approximate surface area is 193 Å². The van der Waals surface area contributed by atoms with Crippen molar-refractivity contribution < 1.29 is 14.3 Å². The zero-order valence-electron chi connectivity index (χ0n) is 19.2. The number of carbonyl (C=O) groups excluding carboxylic acids is 2. The fourth-order valence-electron chi connectivity index (χ4n) is 4.27.